The van der Waals surface area contributed by atoms with Gasteiger partial charge in [-0.25, -0.2) is 4.39 Å². The number of hydrogen-bond donors (Lipinski definition) is 1. The largest absolute Gasteiger partial charge is 0.416 e. The average Bonchev–Trinajstić information content (AvgIpc) is 2.94. The number of aromatic nitrogens is 2. The summed E-state index contributed by atoms with van der Waals surface area (Å²) in [4.78, 5) is 0. The molecule has 0 aliphatic heterocycles. The third-order valence-corrected chi connectivity index (χ3v) is 4.66. The van der Waals surface area contributed by atoms with E-state index in [9.17, 15) is 17.6 Å². The summed E-state index contributed by atoms with van der Waals surface area (Å²) in [6, 6.07) is 7.42. The van der Waals surface area contributed by atoms with Crippen LogP contribution in [0.25, 0.3) is 10.9 Å². The predicted octanol–water partition coefficient (Wildman–Crippen LogP) is 5.21. The first kappa shape index (κ1) is 19.6. The van der Waals surface area contributed by atoms with E-state index >= 15 is 0 Å². The summed E-state index contributed by atoms with van der Waals surface area (Å²) in [5.74, 6) is -0.488. The van der Waals surface area contributed by atoms with Crippen LogP contribution in [0.1, 0.15) is 29.7 Å². The Morgan fingerprint density at radius 2 is 1.85 bits per heavy atom. The molecule has 1 aromatic heterocycles. The maximum Gasteiger partial charge on any atom is 0.416 e. The summed E-state index contributed by atoms with van der Waals surface area (Å²) >= 11 is 6.05. The summed E-state index contributed by atoms with van der Waals surface area (Å²) in [5.41, 5.74) is 0.791. The molecule has 3 aromatic rings. The van der Waals surface area contributed by atoms with Gasteiger partial charge in [-0.05, 0) is 49.1 Å². The molecule has 2 aromatic carbocycles. The highest BCUT2D eigenvalue weighted by molar-refractivity contribution is 6.31. The van der Waals surface area contributed by atoms with Crippen molar-refractivity contribution in [2.75, 3.05) is 6.61 Å². The number of aryl methyl sites for hydroxylation is 1. The highest BCUT2D eigenvalue weighted by atomic mass is 35.5. The van der Waals surface area contributed by atoms with Gasteiger partial charge in [-0.1, -0.05) is 23.7 Å². The third kappa shape index (κ3) is 4.42. The number of aliphatic hydroxyl groups excluding tert-OH is 1. The Hall–Kier alpha value is -2.12. The van der Waals surface area contributed by atoms with Crippen molar-refractivity contribution < 1.29 is 22.7 Å². The van der Waals surface area contributed by atoms with E-state index < -0.39 is 17.6 Å². The minimum Gasteiger partial charge on any atom is -0.396 e. The second-order valence-electron chi connectivity index (χ2n) is 6.25. The molecule has 3 nitrogen and oxygen atoms in total. The Labute approximate surface area is 158 Å². The number of unbranched alkanes of at least 4 members (excludes halogenated alkanes) is 1. The smallest absolute Gasteiger partial charge is 0.396 e. The predicted molar refractivity (Wildman–Crippen MR) is 95.3 cm³/mol. The van der Waals surface area contributed by atoms with Gasteiger partial charge in [-0.15, -0.1) is 0 Å². The molecule has 0 bridgehead atoms. The molecular weight excluding hydrogens is 384 g/mol. The maximum absolute atomic E-state index is 13.2. The Morgan fingerprint density at radius 3 is 2.52 bits per heavy atom. The van der Waals surface area contributed by atoms with Crippen molar-refractivity contribution in [3.8, 4) is 0 Å². The standard InChI is InChI=1S/C19H17ClF4N2O/c20-16-10-14(21)6-4-12(16)11-26-18-9-13(19(22,23)24)5-7-15(18)17(25-26)3-1-2-8-27/h4-7,9-10,27H,1-3,8,11H2. The molecular formula is C19H17ClF4N2O. The van der Waals surface area contributed by atoms with Crippen LogP contribution in [-0.4, -0.2) is 21.5 Å². The van der Waals surface area contributed by atoms with E-state index in [4.69, 9.17) is 16.7 Å². The molecule has 0 atom stereocenters. The van der Waals surface area contributed by atoms with Crippen LogP contribution < -0.4 is 0 Å². The molecule has 0 spiro atoms. The van der Waals surface area contributed by atoms with Gasteiger partial charge in [0.15, 0.2) is 0 Å². The Morgan fingerprint density at radius 1 is 1.07 bits per heavy atom. The summed E-state index contributed by atoms with van der Waals surface area (Å²) in [6.45, 7) is 0.166. The van der Waals surface area contributed by atoms with Crippen molar-refractivity contribution in [1.29, 1.82) is 0 Å². The summed E-state index contributed by atoms with van der Waals surface area (Å²) < 4.78 is 54.1. The van der Waals surface area contributed by atoms with Crippen molar-refractivity contribution in [2.24, 2.45) is 0 Å². The molecule has 0 aliphatic carbocycles. The summed E-state index contributed by atoms with van der Waals surface area (Å²) in [5, 5.41) is 14.2. The zero-order chi connectivity index (χ0) is 19.6. The van der Waals surface area contributed by atoms with Crippen molar-refractivity contribution in [3.05, 3.63) is 64.1 Å². The number of aliphatic hydroxyl groups is 1. The van der Waals surface area contributed by atoms with Crippen molar-refractivity contribution in [3.63, 3.8) is 0 Å². The summed E-state index contributed by atoms with van der Waals surface area (Å²) in [7, 11) is 0. The normalized spacial score (nSPS) is 12.1. The minimum absolute atomic E-state index is 0.0437. The van der Waals surface area contributed by atoms with E-state index in [1.54, 1.807) is 0 Å². The van der Waals surface area contributed by atoms with Gasteiger partial charge in [0.1, 0.15) is 5.82 Å². The number of fused-ring (bicyclic) bond motifs is 1. The van der Waals surface area contributed by atoms with Crippen molar-refractivity contribution >= 4 is 22.5 Å². The number of benzene rings is 2. The Bertz CT molecular complexity index is 953. The van der Waals surface area contributed by atoms with Gasteiger partial charge in [0.25, 0.3) is 0 Å². The topological polar surface area (TPSA) is 38.1 Å². The van der Waals surface area contributed by atoms with E-state index in [0.29, 0.717) is 41.4 Å². The van der Waals surface area contributed by atoms with Gasteiger partial charge < -0.3 is 5.11 Å². The molecule has 0 unspecified atom stereocenters. The molecule has 0 saturated heterocycles. The fourth-order valence-corrected chi connectivity index (χ4v) is 3.17. The van der Waals surface area contributed by atoms with E-state index in [2.05, 4.69) is 5.10 Å². The lowest BCUT2D eigenvalue weighted by Gasteiger charge is -2.09. The first-order valence-corrected chi connectivity index (χ1v) is 8.79. The highest BCUT2D eigenvalue weighted by Gasteiger charge is 2.31. The lowest BCUT2D eigenvalue weighted by molar-refractivity contribution is -0.137. The first-order valence-electron chi connectivity index (χ1n) is 8.41. The molecule has 3 rings (SSSR count). The summed E-state index contributed by atoms with van der Waals surface area (Å²) in [6.07, 6.45) is -2.68. The van der Waals surface area contributed by atoms with E-state index in [1.165, 1.54) is 22.9 Å². The van der Waals surface area contributed by atoms with Crippen LogP contribution in [-0.2, 0) is 19.1 Å². The van der Waals surface area contributed by atoms with Crippen LogP contribution in [0.15, 0.2) is 36.4 Å². The average molecular weight is 401 g/mol. The van der Waals surface area contributed by atoms with Gasteiger partial charge in [-0.2, -0.15) is 18.3 Å². The van der Waals surface area contributed by atoms with E-state index in [-0.39, 0.29) is 18.2 Å². The van der Waals surface area contributed by atoms with Crippen LogP contribution >= 0.6 is 11.6 Å². The molecule has 1 heterocycles. The number of halogens is 5. The minimum atomic E-state index is -4.46. The van der Waals surface area contributed by atoms with Gasteiger partial charge in [0, 0.05) is 17.0 Å². The number of nitrogens with zero attached hydrogens (tertiary/aromatic N) is 2. The van der Waals surface area contributed by atoms with Crippen LogP contribution in [0.2, 0.25) is 5.02 Å². The second-order valence-corrected chi connectivity index (χ2v) is 6.66. The molecule has 1 N–H and O–H groups in total. The van der Waals surface area contributed by atoms with Crippen molar-refractivity contribution in [1.82, 2.24) is 9.78 Å². The second kappa shape index (κ2) is 7.86. The zero-order valence-corrected chi connectivity index (χ0v) is 15.0. The van der Waals surface area contributed by atoms with Crippen molar-refractivity contribution in [2.45, 2.75) is 32.0 Å². The first-order chi connectivity index (χ1) is 12.8. The molecule has 0 fully saturated rings. The Balaban J connectivity index is 2.05. The molecule has 8 heteroatoms. The lowest BCUT2D eigenvalue weighted by atomic mass is 10.1. The fourth-order valence-electron chi connectivity index (χ4n) is 2.94. The number of hydrogen-bond acceptors (Lipinski definition) is 2. The van der Waals surface area contributed by atoms with Crippen LogP contribution in [0, 0.1) is 5.82 Å². The van der Waals surface area contributed by atoms with E-state index in [1.807, 2.05) is 0 Å². The molecule has 0 amide bonds. The molecule has 144 valence electrons. The van der Waals surface area contributed by atoms with E-state index in [0.717, 1.165) is 18.2 Å². The van der Waals surface area contributed by atoms with Gasteiger partial charge >= 0.3 is 6.18 Å². The number of rotatable bonds is 6. The lowest BCUT2D eigenvalue weighted by Crippen LogP contribution is -2.06. The molecule has 0 radical (unpaired) electrons. The van der Waals surface area contributed by atoms with Crippen LogP contribution in [0.4, 0.5) is 17.6 Å². The van der Waals surface area contributed by atoms with Crippen LogP contribution in [0.5, 0.6) is 0 Å². The maximum atomic E-state index is 13.2. The SMILES string of the molecule is OCCCCc1nn(Cc2ccc(F)cc2Cl)c2cc(C(F)(F)F)ccc12. The van der Waals surface area contributed by atoms with Crippen LogP contribution in [0.3, 0.4) is 0 Å². The third-order valence-electron chi connectivity index (χ3n) is 4.31. The fraction of sp³-hybridized carbons (Fsp3) is 0.316. The van der Waals surface area contributed by atoms with Gasteiger partial charge in [-0.3, -0.25) is 4.68 Å². The zero-order valence-electron chi connectivity index (χ0n) is 14.2. The quantitative estimate of drug-likeness (QED) is 0.455. The monoisotopic (exact) mass is 400 g/mol. The molecule has 0 saturated carbocycles. The molecule has 0 aliphatic rings. The number of alkyl halides is 3. The van der Waals surface area contributed by atoms with Gasteiger partial charge in [0.2, 0.25) is 0 Å². The van der Waals surface area contributed by atoms with Gasteiger partial charge in [0.05, 0.1) is 23.3 Å². The Kier molecular flexibility index (Phi) is 5.72. The highest BCUT2D eigenvalue weighted by Crippen LogP contribution is 2.33. The molecule has 27 heavy (non-hydrogen) atoms.